The van der Waals surface area contributed by atoms with Crippen molar-refractivity contribution in [3.8, 4) is 0 Å². The molecule has 0 atom stereocenters. The van der Waals surface area contributed by atoms with Gasteiger partial charge < -0.3 is 9.64 Å². The SMILES string of the molecule is COC1(c2ccccc2)CCN(C(=O)C2(Cn3cccn3)CC2)CC1. The zero-order valence-corrected chi connectivity index (χ0v) is 14.7. The molecule has 132 valence electrons. The lowest BCUT2D eigenvalue weighted by Gasteiger charge is -2.42. The van der Waals surface area contributed by atoms with Crippen molar-refractivity contribution in [2.45, 2.75) is 37.8 Å². The highest BCUT2D eigenvalue weighted by molar-refractivity contribution is 5.85. The molecule has 1 aliphatic heterocycles. The number of carbonyl (C=O) groups excluding carboxylic acids is 1. The van der Waals surface area contributed by atoms with E-state index in [-0.39, 0.29) is 11.0 Å². The van der Waals surface area contributed by atoms with E-state index < -0.39 is 0 Å². The molecule has 2 aliphatic rings. The van der Waals surface area contributed by atoms with Crippen LogP contribution >= 0.6 is 0 Å². The van der Waals surface area contributed by atoms with E-state index in [0.29, 0.717) is 12.5 Å². The number of methoxy groups -OCH3 is 1. The van der Waals surface area contributed by atoms with Gasteiger partial charge in [0.15, 0.2) is 0 Å². The molecule has 0 N–H and O–H groups in total. The van der Waals surface area contributed by atoms with Crippen molar-refractivity contribution in [3.05, 3.63) is 54.4 Å². The van der Waals surface area contributed by atoms with Crippen LogP contribution in [0.5, 0.6) is 0 Å². The van der Waals surface area contributed by atoms with Gasteiger partial charge in [0.25, 0.3) is 0 Å². The molecular weight excluding hydrogens is 314 g/mol. The number of aromatic nitrogens is 2. The molecule has 25 heavy (non-hydrogen) atoms. The molecule has 4 rings (SSSR count). The number of benzene rings is 1. The van der Waals surface area contributed by atoms with Crippen LogP contribution in [0.3, 0.4) is 0 Å². The Balaban J connectivity index is 1.44. The fraction of sp³-hybridized carbons (Fsp3) is 0.500. The zero-order chi connectivity index (χ0) is 17.3. The van der Waals surface area contributed by atoms with Crippen molar-refractivity contribution in [1.82, 2.24) is 14.7 Å². The standard InChI is InChI=1S/C20H25N3O2/c1-25-20(17-6-3-2-4-7-17)10-14-22(15-11-20)18(24)19(8-9-19)16-23-13-5-12-21-23/h2-7,12-13H,8-11,14-16H2,1H3. The van der Waals surface area contributed by atoms with Gasteiger partial charge in [-0.3, -0.25) is 9.48 Å². The Morgan fingerprint density at radius 3 is 2.40 bits per heavy atom. The summed E-state index contributed by atoms with van der Waals surface area (Å²) in [4.78, 5) is 15.1. The number of carbonyl (C=O) groups is 1. The first-order chi connectivity index (χ1) is 12.2. The van der Waals surface area contributed by atoms with Crippen LogP contribution in [0.4, 0.5) is 0 Å². The largest absolute Gasteiger partial charge is 0.373 e. The molecule has 5 heteroatoms. The average molecular weight is 339 g/mol. The van der Waals surface area contributed by atoms with E-state index in [1.807, 2.05) is 27.9 Å². The fourth-order valence-corrected chi connectivity index (χ4v) is 4.05. The van der Waals surface area contributed by atoms with E-state index in [1.54, 1.807) is 13.3 Å². The van der Waals surface area contributed by atoms with Gasteiger partial charge in [-0.2, -0.15) is 5.10 Å². The number of hydrogen-bond donors (Lipinski definition) is 0. The van der Waals surface area contributed by atoms with Crippen molar-refractivity contribution in [1.29, 1.82) is 0 Å². The van der Waals surface area contributed by atoms with E-state index in [1.165, 1.54) is 5.56 Å². The van der Waals surface area contributed by atoms with Gasteiger partial charge in [-0.1, -0.05) is 30.3 Å². The van der Waals surface area contributed by atoms with Crippen molar-refractivity contribution >= 4 is 5.91 Å². The number of amides is 1. The molecule has 1 aromatic carbocycles. The summed E-state index contributed by atoms with van der Waals surface area (Å²) in [6, 6.07) is 12.3. The third-order valence-corrected chi connectivity index (χ3v) is 5.88. The van der Waals surface area contributed by atoms with Gasteiger partial charge in [0.2, 0.25) is 5.91 Å². The molecule has 5 nitrogen and oxygen atoms in total. The number of nitrogens with zero attached hydrogens (tertiary/aromatic N) is 3. The van der Waals surface area contributed by atoms with Crippen LogP contribution in [0.15, 0.2) is 48.8 Å². The van der Waals surface area contributed by atoms with Crippen LogP contribution in [0.2, 0.25) is 0 Å². The predicted octanol–water partition coefficient (Wildman–Crippen LogP) is 2.83. The molecule has 2 aromatic rings. The molecule has 2 heterocycles. The van der Waals surface area contributed by atoms with Crippen molar-refractivity contribution in [2.24, 2.45) is 5.41 Å². The smallest absolute Gasteiger partial charge is 0.230 e. The highest BCUT2D eigenvalue weighted by Crippen LogP contribution is 2.49. The Hall–Kier alpha value is -2.14. The number of rotatable bonds is 5. The van der Waals surface area contributed by atoms with E-state index in [9.17, 15) is 4.79 Å². The van der Waals surface area contributed by atoms with Crippen LogP contribution in [0, 0.1) is 5.41 Å². The normalized spacial score (nSPS) is 21.1. The Morgan fingerprint density at radius 1 is 1.12 bits per heavy atom. The minimum Gasteiger partial charge on any atom is -0.373 e. The number of hydrogen-bond acceptors (Lipinski definition) is 3. The lowest BCUT2D eigenvalue weighted by atomic mass is 9.83. The Bertz CT molecular complexity index is 715. The van der Waals surface area contributed by atoms with Crippen molar-refractivity contribution < 1.29 is 9.53 Å². The van der Waals surface area contributed by atoms with Gasteiger partial charge in [0.05, 0.1) is 17.6 Å². The summed E-state index contributed by atoms with van der Waals surface area (Å²) in [5.41, 5.74) is 0.713. The first-order valence-electron chi connectivity index (χ1n) is 9.05. The Morgan fingerprint density at radius 2 is 1.84 bits per heavy atom. The van der Waals surface area contributed by atoms with Crippen LogP contribution < -0.4 is 0 Å². The van der Waals surface area contributed by atoms with Crippen molar-refractivity contribution in [2.75, 3.05) is 20.2 Å². The highest BCUT2D eigenvalue weighted by Gasteiger charge is 2.53. The van der Waals surface area contributed by atoms with Gasteiger partial charge in [0.1, 0.15) is 0 Å². The molecule has 0 bridgehead atoms. The van der Waals surface area contributed by atoms with Gasteiger partial charge in [-0.15, -0.1) is 0 Å². The molecule has 0 radical (unpaired) electrons. The zero-order valence-electron chi connectivity index (χ0n) is 14.7. The second-order valence-electron chi connectivity index (χ2n) is 7.34. The average Bonchev–Trinajstić information content (AvgIpc) is 3.27. The number of likely N-dealkylation sites (tertiary alicyclic amines) is 1. The Kier molecular flexibility index (Phi) is 4.12. The topological polar surface area (TPSA) is 47.4 Å². The van der Waals surface area contributed by atoms with Crippen LogP contribution in [-0.4, -0.2) is 40.8 Å². The maximum absolute atomic E-state index is 13.1. The van der Waals surface area contributed by atoms with Gasteiger partial charge in [-0.05, 0) is 37.3 Å². The number of piperidine rings is 1. The number of ether oxygens (including phenoxy) is 1. The van der Waals surface area contributed by atoms with Crippen molar-refractivity contribution in [3.63, 3.8) is 0 Å². The summed E-state index contributed by atoms with van der Waals surface area (Å²) in [6.07, 6.45) is 7.34. The quantitative estimate of drug-likeness (QED) is 0.841. The highest BCUT2D eigenvalue weighted by atomic mass is 16.5. The second kappa shape index (κ2) is 6.30. The summed E-state index contributed by atoms with van der Waals surface area (Å²) in [5.74, 6) is 0.292. The third-order valence-electron chi connectivity index (χ3n) is 5.88. The van der Waals surface area contributed by atoms with E-state index in [0.717, 1.165) is 38.8 Å². The fourth-order valence-electron chi connectivity index (χ4n) is 4.05. The molecule has 2 fully saturated rings. The third kappa shape index (κ3) is 2.97. The van der Waals surface area contributed by atoms with E-state index >= 15 is 0 Å². The van der Waals surface area contributed by atoms with E-state index in [2.05, 4.69) is 29.4 Å². The lowest BCUT2D eigenvalue weighted by molar-refractivity contribution is -0.143. The summed E-state index contributed by atoms with van der Waals surface area (Å²) in [7, 11) is 1.78. The second-order valence-corrected chi connectivity index (χ2v) is 7.34. The molecule has 1 aromatic heterocycles. The minimum atomic E-state index is -0.267. The molecule has 1 saturated carbocycles. The molecule has 1 saturated heterocycles. The van der Waals surface area contributed by atoms with Crippen LogP contribution in [0.1, 0.15) is 31.2 Å². The monoisotopic (exact) mass is 339 g/mol. The lowest BCUT2D eigenvalue weighted by Crippen LogP contribution is -2.49. The first-order valence-corrected chi connectivity index (χ1v) is 9.05. The van der Waals surface area contributed by atoms with Crippen LogP contribution in [0.25, 0.3) is 0 Å². The Labute approximate surface area is 148 Å². The van der Waals surface area contributed by atoms with Gasteiger partial charge >= 0.3 is 0 Å². The summed E-state index contributed by atoms with van der Waals surface area (Å²) in [5, 5.41) is 4.27. The summed E-state index contributed by atoms with van der Waals surface area (Å²) < 4.78 is 7.81. The molecule has 0 spiro atoms. The molecule has 1 amide bonds. The summed E-state index contributed by atoms with van der Waals surface area (Å²) in [6.45, 7) is 2.20. The maximum Gasteiger partial charge on any atom is 0.230 e. The maximum atomic E-state index is 13.1. The van der Waals surface area contributed by atoms with Crippen LogP contribution in [-0.2, 0) is 21.7 Å². The summed E-state index contributed by atoms with van der Waals surface area (Å²) >= 11 is 0. The molecule has 1 aliphatic carbocycles. The molecule has 0 unspecified atom stereocenters. The minimum absolute atomic E-state index is 0.230. The van der Waals surface area contributed by atoms with Gasteiger partial charge in [0, 0.05) is 32.6 Å². The predicted molar refractivity (Wildman–Crippen MR) is 94.8 cm³/mol. The van der Waals surface area contributed by atoms with Gasteiger partial charge in [-0.25, -0.2) is 0 Å². The van der Waals surface area contributed by atoms with E-state index in [4.69, 9.17) is 4.74 Å². The molecular formula is C20H25N3O2. The first kappa shape index (κ1) is 16.3.